The lowest BCUT2D eigenvalue weighted by Gasteiger charge is -2.15. The molecule has 25 heavy (non-hydrogen) atoms. The second-order valence-corrected chi connectivity index (χ2v) is 7.05. The third-order valence-corrected chi connectivity index (χ3v) is 5.21. The first-order valence-electron chi connectivity index (χ1n) is 7.94. The molecule has 1 aromatic heterocycles. The molecule has 0 fully saturated rings. The van der Waals surface area contributed by atoms with E-state index in [0.717, 1.165) is 16.0 Å². The SMILES string of the molecule is CC(NC(=O)c1occc1CSc1ccccc1)c1ccccc1Cl. The normalized spacial score (nSPS) is 11.9. The summed E-state index contributed by atoms with van der Waals surface area (Å²) in [6, 6.07) is 19.2. The molecule has 1 N–H and O–H groups in total. The Morgan fingerprint density at radius 1 is 1.12 bits per heavy atom. The summed E-state index contributed by atoms with van der Waals surface area (Å²) in [6.45, 7) is 1.90. The van der Waals surface area contributed by atoms with Gasteiger partial charge < -0.3 is 9.73 Å². The summed E-state index contributed by atoms with van der Waals surface area (Å²) in [7, 11) is 0. The number of nitrogens with one attached hydrogen (secondary N) is 1. The highest BCUT2D eigenvalue weighted by molar-refractivity contribution is 7.98. The minimum Gasteiger partial charge on any atom is -0.459 e. The molecule has 1 heterocycles. The molecule has 0 aliphatic rings. The minimum absolute atomic E-state index is 0.207. The van der Waals surface area contributed by atoms with Crippen molar-refractivity contribution in [3.05, 3.63) is 88.8 Å². The zero-order chi connectivity index (χ0) is 17.6. The fourth-order valence-corrected chi connectivity index (χ4v) is 3.69. The van der Waals surface area contributed by atoms with Gasteiger partial charge in [0.15, 0.2) is 5.76 Å². The Morgan fingerprint density at radius 2 is 1.84 bits per heavy atom. The highest BCUT2D eigenvalue weighted by Gasteiger charge is 2.19. The summed E-state index contributed by atoms with van der Waals surface area (Å²) in [5, 5.41) is 3.59. The van der Waals surface area contributed by atoms with Gasteiger partial charge in [0.25, 0.3) is 5.91 Å². The molecule has 0 bridgehead atoms. The Morgan fingerprint density at radius 3 is 2.60 bits per heavy atom. The fourth-order valence-electron chi connectivity index (χ4n) is 2.49. The molecule has 3 aromatic rings. The molecule has 0 aliphatic carbocycles. The third kappa shape index (κ3) is 4.47. The van der Waals surface area contributed by atoms with Crippen LogP contribution in [0.5, 0.6) is 0 Å². The first kappa shape index (κ1) is 17.6. The average molecular weight is 372 g/mol. The van der Waals surface area contributed by atoms with Crippen LogP contribution in [0, 0.1) is 0 Å². The van der Waals surface area contributed by atoms with Crippen molar-refractivity contribution in [2.45, 2.75) is 23.6 Å². The molecule has 0 aliphatic heterocycles. The van der Waals surface area contributed by atoms with Crippen LogP contribution < -0.4 is 5.32 Å². The van der Waals surface area contributed by atoms with Gasteiger partial charge in [0.05, 0.1) is 12.3 Å². The molecule has 1 amide bonds. The van der Waals surface area contributed by atoms with E-state index in [1.54, 1.807) is 18.0 Å². The van der Waals surface area contributed by atoms with E-state index in [2.05, 4.69) is 5.32 Å². The highest BCUT2D eigenvalue weighted by atomic mass is 35.5. The number of rotatable bonds is 6. The molecule has 3 nitrogen and oxygen atoms in total. The molecular weight excluding hydrogens is 354 g/mol. The summed E-state index contributed by atoms with van der Waals surface area (Å²) in [4.78, 5) is 13.7. The molecular formula is C20H18ClNO2S. The second kappa shape index (κ2) is 8.28. The van der Waals surface area contributed by atoms with Crippen molar-refractivity contribution < 1.29 is 9.21 Å². The Balaban J connectivity index is 1.67. The van der Waals surface area contributed by atoms with Crippen molar-refractivity contribution in [1.29, 1.82) is 0 Å². The molecule has 2 aromatic carbocycles. The van der Waals surface area contributed by atoms with Crippen LogP contribution in [0.25, 0.3) is 0 Å². The Kier molecular flexibility index (Phi) is 5.84. The van der Waals surface area contributed by atoms with E-state index in [0.29, 0.717) is 16.5 Å². The largest absolute Gasteiger partial charge is 0.459 e. The lowest BCUT2D eigenvalue weighted by atomic mass is 10.1. The predicted octanol–water partition coefficient (Wildman–Crippen LogP) is 5.72. The van der Waals surface area contributed by atoms with Crippen molar-refractivity contribution in [2.75, 3.05) is 0 Å². The van der Waals surface area contributed by atoms with Crippen molar-refractivity contribution in [2.24, 2.45) is 0 Å². The van der Waals surface area contributed by atoms with Gasteiger partial charge in [0, 0.05) is 21.2 Å². The van der Waals surface area contributed by atoms with Gasteiger partial charge in [-0.25, -0.2) is 0 Å². The third-order valence-electron chi connectivity index (χ3n) is 3.81. The van der Waals surface area contributed by atoms with Gasteiger partial charge in [-0.2, -0.15) is 0 Å². The van der Waals surface area contributed by atoms with Crippen LogP contribution in [0.15, 0.2) is 76.2 Å². The van der Waals surface area contributed by atoms with Crippen molar-refractivity contribution in [1.82, 2.24) is 5.32 Å². The standard InChI is InChI=1S/C20H18ClNO2S/c1-14(17-9-5-6-10-18(17)21)22-20(23)19-15(11-12-24-19)13-25-16-7-3-2-4-8-16/h2-12,14H,13H2,1H3,(H,22,23). The first-order valence-corrected chi connectivity index (χ1v) is 9.31. The number of carbonyl (C=O) groups excluding carboxylic acids is 1. The number of carbonyl (C=O) groups is 1. The fraction of sp³-hybridized carbons (Fsp3) is 0.150. The summed E-state index contributed by atoms with van der Waals surface area (Å²) in [5.74, 6) is 0.785. The monoisotopic (exact) mass is 371 g/mol. The van der Waals surface area contributed by atoms with E-state index in [1.165, 1.54) is 0 Å². The number of benzene rings is 2. The zero-order valence-electron chi connectivity index (χ0n) is 13.7. The molecule has 0 saturated heterocycles. The molecule has 1 unspecified atom stereocenters. The number of hydrogen-bond donors (Lipinski definition) is 1. The number of hydrogen-bond acceptors (Lipinski definition) is 3. The maximum atomic E-state index is 12.6. The van der Waals surface area contributed by atoms with E-state index in [4.69, 9.17) is 16.0 Å². The van der Waals surface area contributed by atoms with Crippen LogP contribution >= 0.6 is 23.4 Å². The van der Waals surface area contributed by atoms with Crippen molar-refractivity contribution >= 4 is 29.3 Å². The van der Waals surface area contributed by atoms with E-state index in [-0.39, 0.29) is 11.9 Å². The number of halogens is 1. The Labute approximate surface area is 156 Å². The first-order chi connectivity index (χ1) is 12.1. The van der Waals surface area contributed by atoms with Gasteiger partial charge in [0.2, 0.25) is 0 Å². The zero-order valence-corrected chi connectivity index (χ0v) is 15.3. The van der Waals surface area contributed by atoms with Crippen molar-refractivity contribution in [3.63, 3.8) is 0 Å². The number of furan rings is 1. The summed E-state index contributed by atoms with van der Waals surface area (Å²) >= 11 is 7.86. The quantitative estimate of drug-likeness (QED) is 0.564. The van der Waals surface area contributed by atoms with Gasteiger partial charge in [-0.1, -0.05) is 48.0 Å². The predicted molar refractivity (Wildman–Crippen MR) is 102 cm³/mol. The van der Waals surface area contributed by atoms with Crippen LogP contribution in [0.3, 0.4) is 0 Å². The molecule has 3 rings (SSSR count). The highest BCUT2D eigenvalue weighted by Crippen LogP contribution is 2.26. The van der Waals surface area contributed by atoms with Gasteiger partial charge in [0.1, 0.15) is 0 Å². The van der Waals surface area contributed by atoms with E-state index < -0.39 is 0 Å². The van der Waals surface area contributed by atoms with E-state index in [9.17, 15) is 4.79 Å². The van der Waals surface area contributed by atoms with Gasteiger partial charge in [-0.15, -0.1) is 11.8 Å². The molecule has 1 atom stereocenters. The Hall–Kier alpha value is -2.17. The lowest BCUT2D eigenvalue weighted by molar-refractivity contribution is 0.0911. The summed E-state index contributed by atoms with van der Waals surface area (Å²) in [6.07, 6.45) is 1.55. The van der Waals surface area contributed by atoms with Crippen LogP contribution in [0.1, 0.15) is 34.6 Å². The van der Waals surface area contributed by atoms with Gasteiger partial charge >= 0.3 is 0 Å². The average Bonchev–Trinajstić information content (AvgIpc) is 3.10. The molecule has 0 saturated carbocycles. The van der Waals surface area contributed by atoms with Crippen LogP contribution in [0.2, 0.25) is 5.02 Å². The maximum Gasteiger partial charge on any atom is 0.287 e. The minimum atomic E-state index is -0.235. The van der Waals surface area contributed by atoms with E-state index in [1.807, 2.05) is 67.6 Å². The summed E-state index contributed by atoms with van der Waals surface area (Å²) in [5.41, 5.74) is 1.75. The van der Waals surface area contributed by atoms with Gasteiger partial charge in [-0.3, -0.25) is 4.79 Å². The van der Waals surface area contributed by atoms with Gasteiger partial charge in [-0.05, 0) is 36.8 Å². The molecule has 0 spiro atoms. The Bertz CT molecular complexity index is 848. The number of thioether (sulfide) groups is 1. The number of amides is 1. The summed E-state index contributed by atoms with van der Waals surface area (Å²) < 4.78 is 5.42. The van der Waals surface area contributed by atoms with Crippen LogP contribution in [-0.2, 0) is 5.75 Å². The van der Waals surface area contributed by atoms with Crippen molar-refractivity contribution in [3.8, 4) is 0 Å². The van der Waals surface area contributed by atoms with Crippen LogP contribution in [-0.4, -0.2) is 5.91 Å². The molecule has 5 heteroatoms. The second-order valence-electron chi connectivity index (χ2n) is 5.59. The lowest BCUT2D eigenvalue weighted by Crippen LogP contribution is -2.27. The smallest absolute Gasteiger partial charge is 0.287 e. The van der Waals surface area contributed by atoms with E-state index >= 15 is 0 Å². The molecule has 0 radical (unpaired) electrons. The molecule has 128 valence electrons. The topological polar surface area (TPSA) is 42.2 Å². The maximum absolute atomic E-state index is 12.6. The van der Waals surface area contributed by atoms with Crippen LogP contribution in [0.4, 0.5) is 0 Å².